The highest BCUT2D eigenvalue weighted by molar-refractivity contribution is 6.21. The van der Waals surface area contributed by atoms with Crippen LogP contribution in [0.4, 0.5) is 0 Å². The standard InChI is InChI=1S/C16H18ClNO/c1-3-19-16-7-5-4-6-14(16)15(17)10-13-9-8-12(2)11-18-13/h4-9,11,15H,3,10H2,1-2H3. The Morgan fingerprint density at radius 1 is 1.21 bits per heavy atom. The minimum absolute atomic E-state index is 0.127. The lowest BCUT2D eigenvalue weighted by atomic mass is 10.1. The van der Waals surface area contributed by atoms with E-state index in [4.69, 9.17) is 16.3 Å². The van der Waals surface area contributed by atoms with Crippen molar-refractivity contribution in [2.24, 2.45) is 0 Å². The van der Waals surface area contributed by atoms with E-state index in [2.05, 4.69) is 11.1 Å². The number of ether oxygens (including phenoxy) is 1. The Morgan fingerprint density at radius 2 is 2.00 bits per heavy atom. The molecule has 0 amide bonds. The fourth-order valence-electron chi connectivity index (χ4n) is 1.94. The Hall–Kier alpha value is -1.54. The number of alkyl halides is 1. The molecule has 0 saturated heterocycles. The maximum Gasteiger partial charge on any atom is 0.123 e. The quantitative estimate of drug-likeness (QED) is 0.759. The van der Waals surface area contributed by atoms with Gasteiger partial charge < -0.3 is 4.74 Å². The van der Waals surface area contributed by atoms with Gasteiger partial charge in [-0.05, 0) is 31.5 Å². The second-order valence-electron chi connectivity index (χ2n) is 4.47. The van der Waals surface area contributed by atoms with Gasteiger partial charge in [-0.25, -0.2) is 0 Å². The molecule has 0 fully saturated rings. The predicted octanol–water partition coefficient (Wildman–Crippen LogP) is 4.31. The van der Waals surface area contributed by atoms with Crippen molar-refractivity contribution in [2.75, 3.05) is 6.61 Å². The van der Waals surface area contributed by atoms with Crippen LogP contribution in [0.2, 0.25) is 0 Å². The molecule has 3 heteroatoms. The second-order valence-corrected chi connectivity index (χ2v) is 5.00. The summed E-state index contributed by atoms with van der Waals surface area (Å²) in [6, 6.07) is 12.0. The molecule has 0 spiro atoms. The highest BCUT2D eigenvalue weighted by atomic mass is 35.5. The molecular weight excluding hydrogens is 258 g/mol. The van der Waals surface area contributed by atoms with Gasteiger partial charge in [0.1, 0.15) is 5.75 Å². The summed E-state index contributed by atoms with van der Waals surface area (Å²) in [6.07, 6.45) is 2.57. The van der Waals surface area contributed by atoms with Crippen molar-refractivity contribution in [3.8, 4) is 5.75 Å². The van der Waals surface area contributed by atoms with Crippen LogP contribution in [0.25, 0.3) is 0 Å². The molecular formula is C16H18ClNO. The first-order valence-electron chi connectivity index (χ1n) is 6.48. The van der Waals surface area contributed by atoms with Gasteiger partial charge in [-0.2, -0.15) is 0 Å². The molecule has 2 nitrogen and oxygen atoms in total. The van der Waals surface area contributed by atoms with Gasteiger partial charge >= 0.3 is 0 Å². The van der Waals surface area contributed by atoms with Crippen LogP contribution in [0.3, 0.4) is 0 Å². The van der Waals surface area contributed by atoms with Crippen LogP contribution in [0.5, 0.6) is 5.75 Å². The Balaban J connectivity index is 2.15. The molecule has 1 aromatic carbocycles. The summed E-state index contributed by atoms with van der Waals surface area (Å²) in [5, 5.41) is -0.127. The molecule has 1 atom stereocenters. The van der Waals surface area contributed by atoms with E-state index in [9.17, 15) is 0 Å². The fraction of sp³-hybridized carbons (Fsp3) is 0.312. The van der Waals surface area contributed by atoms with Crippen molar-refractivity contribution in [2.45, 2.75) is 25.6 Å². The molecule has 0 aliphatic rings. The molecule has 0 aliphatic heterocycles. The van der Waals surface area contributed by atoms with Crippen molar-refractivity contribution in [3.05, 3.63) is 59.4 Å². The molecule has 2 rings (SSSR count). The number of hydrogen-bond acceptors (Lipinski definition) is 2. The Bertz CT molecular complexity index is 525. The number of halogens is 1. The molecule has 1 unspecified atom stereocenters. The van der Waals surface area contributed by atoms with E-state index in [0.29, 0.717) is 13.0 Å². The van der Waals surface area contributed by atoms with E-state index in [1.807, 2.05) is 50.4 Å². The van der Waals surface area contributed by atoms with Crippen molar-refractivity contribution in [3.63, 3.8) is 0 Å². The zero-order chi connectivity index (χ0) is 13.7. The van der Waals surface area contributed by atoms with E-state index in [1.54, 1.807) is 0 Å². The zero-order valence-electron chi connectivity index (χ0n) is 11.3. The van der Waals surface area contributed by atoms with Gasteiger partial charge in [0.2, 0.25) is 0 Å². The van der Waals surface area contributed by atoms with E-state index < -0.39 is 0 Å². The summed E-state index contributed by atoms with van der Waals surface area (Å²) >= 11 is 6.50. The van der Waals surface area contributed by atoms with Crippen LogP contribution >= 0.6 is 11.6 Å². The van der Waals surface area contributed by atoms with Crippen LogP contribution in [0.15, 0.2) is 42.6 Å². The fourth-order valence-corrected chi connectivity index (χ4v) is 2.28. The third kappa shape index (κ3) is 3.71. The van der Waals surface area contributed by atoms with Gasteiger partial charge in [0.25, 0.3) is 0 Å². The zero-order valence-corrected chi connectivity index (χ0v) is 12.0. The lowest BCUT2D eigenvalue weighted by molar-refractivity contribution is 0.336. The summed E-state index contributed by atoms with van der Waals surface area (Å²) < 4.78 is 5.61. The number of para-hydroxylation sites is 1. The average molecular weight is 276 g/mol. The first kappa shape index (κ1) is 13.9. The first-order valence-corrected chi connectivity index (χ1v) is 6.91. The molecule has 0 saturated carbocycles. The minimum atomic E-state index is -0.127. The first-order chi connectivity index (χ1) is 9.20. The molecule has 1 aromatic heterocycles. The third-order valence-corrected chi connectivity index (χ3v) is 3.31. The molecule has 0 radical (unpaired) electrons. The number of pyridine rings is 1. The van der Waals surface area contributed by atoms with Gasteiger partial charge in [-0.15, -0.1) is 11.6 Å². The third-order valence-electron chi connectivity index (χ3n) is 2.92. The van der Waals surface area contributed by atoms with Crippen molar-refractivity contribution in [1.29, 1.82) is 0 Å². The van der Waals surface area contributed by atoms with Crippen molar-refractivity contribution in [1.82, 2.24) is 4.98 Å². The number of aryl methyl sites for hydroxylation is 1. The second kappa shape index (κ2) is 6.58. The maximum atomic E-state index is 6.50. The lowest BCUT2D eigenvalue weighted by Gasteiger charge is -2.14. The Labute approximate surface area is 119 Å². The highest BCUT2D eigenvalue weighted by Gasteiger charge is 2.14. The van der Waals surface area contributed by atoms with Crippen LogP contribution < -0.4 is 4.74 Å². The Morgan fingerprint density at radius 3 is 2.68 bits per heavy atom. The highest BCUT2D eigenvalue weighted by Crippen LogP contribution is 2.31. The summed E-state index contributed by atoms with van der Waals surface area (Å²) in [5.41, 5.74) is 3.18. The summed E-state index contributed by atoms with van der Waals surface area (Å²) in [5.74, 6) is 0.858. The number of hydrogen-bond donors (Lipinski definition) is 0. The molecule has 100 valence electrons. The smallest absolute Gasteiger partial charge is 0.123 e. The monoisotopic (exact) mass is 275 g/mol. The molecule has 0 N–H and O–H groups in total. The summed E-state index contributed by atoms with van der Waals surface area (Å²) in [6.45, 7) is 4.64. The van der Waals surface area contributed by atoms with Crippen LogP contribution in [0.1, 0.15) is 29.1 Å². The topological polar surface area (TPSA) is 22.1 Å². The van der Waals surface area contributed by atoms with Crippen LogP contribution in [-0.4, -0.2) is 11.6 Å². The van der Waals surface area contributed by atoms with Gasteiger partial charge in [-0.3, -0.25) is 4.98 Å². The normalized spacial score (nSPS) is 12.2. The van der Waals surface area contributed by atoms with Gasteiger partial charge in [0, 0.05) is 23.9 Å². The number of benzene rings is 1. The molecule has 2 aromatic rings. The van der Waals surface area contributed by atoms with E-state index in [0.717, 1.165) is 22.6 Å². The van der Waals surface area contributed by atoms with Gasteiger partial charge in [-0.1, -0.05) is 24.3 Å². The summed E-state index contributed by atoms with van der Waals surface area (Å²) in [4.78, 5) is 4.39. The van der Waals surface area contributed by atoms with E-state index in [-0.39, 0.29) is 5.38 Å². The average Bonchev–Trinajstić information content (AvgIpc) is 2.42. The minimum Gasteiger partial charge on any atom is -0.494 e. The van der Waals surface area contributed by atoms with E-state index in [1.165, 1.54) is 0 Å². The number of rotatable bonds is 5. The SMILES string of the molecule is CCOc1ccccc1C(Cl)Cc1ccc(C)cn1. The largest absolute Gasteiger partial charge is 0.494 e. The van der Waals surface area contributed by atoms with Crippen molar-refractivity contribution >= 4 is 11.6 Å². The van der Waals surface area contributed by atoms with Crippen molar-refractivity contribution < 1.29 is 4.74 Å². The maximum absolute atomic E-state index is 6.50. The van der Waals surface area contributed by atoms with Crippen LogP contribution in [-0.2, 0) is 6.42 Å². The van der Waals surface area contributed by atoms with Crippen LogP contribution in [0, 0.1) is 6.92 Å². The van der Waals surface area contributed by atoms with E-state index >= 15 is 0 Å². The summed E-state index contributed by atoms with van der Waals surface area (Å²) in [7, 11) is 0. The number of nitrogens with zero attached hydrogens (tertiary/aromatic N) is 1. The molecule has 1 heterocycles. The van der Waals surface area contributed by atoms with Gasteiger partial charge in [0.05, 0.1) is 12.0 Å². The predicted molar refractivity (Wildman–Crippen MR) is 78.9 cm³/mol. The molecule has 19 heavy (non-hydrogen) atoms. The number of aromatic nitrogens is 1. The van der Waals surface area contributed by atoms with Gasteiger partial charge in [0.15, 0.2) is 0 Å². The molecule has 0 bridgehead atoms. The Kier molecular flexibility index (Phi) is 4.80. The lowest BCUT2D eigenvalue weighted by Crippen LogP contribution is -2.02. The molecule has 0 aliphatic carbocycles.